The van der Waals surface area contributed by atoms with Crippen LogP contribution in [0.1, 0.15) is 20.7 Å². The van der Waals surface area contributed by atoms with E-state index in [0.29, 0.717) is 29.8 Å². The maximum absolute atomic E-state index is 12.3. The van der Waals surface area contributed by atoms with Gasteiger partial charge in [-0.1, -0.05) is 42.5 Å². The van der Waals surface area contributed by atoms with Gasteiger partial charge in [0.15, 0.2) is 0 Å². The molecule has 5 heteroatoms. The quantitative estimate of drug-likeness (QED) is 0.810. The van der Waals surface area contributed by atoms with Crippen LogP contribution in [0.2, 0.25) is 0 Å². The van der Waals surface area contributed by atoms with E-state index in [0.717, 1.165) is 0 Å². The topological polar surface area (TPSA) is 78.5 Å². The summed E-state index contributed by atoms with van der Waals surface area (Å²) in [4.78, 5) is 23.5. The van der Waals surface area contributed by atoms with Crippen LogP contribution in [0.5, 0.6) is 0 Å². The number of methoxy groups -OCH3 is 1. The molecule has 0 aliphatic carbocycles. The lowest BCUT2D eigenvalue weighted by atomic mass is 9.95. The molecule has 0 aliphatic heterocycles. The molecular formula is C17H16NO4-. The molecule has 114 valence electrons. The van der Waals surface area contributed by atoms with Gasteiger partial charge in [-0.05, 0) is 17.2 Å². The van der Waals surface area contributed by atoms with E-state index in [9.17, 15) is 14.7 Å². The molecule has 2 aromatic carbocycles. The third-order valence-electron chi connectivity index (χ3n) is 3.20. The second kappa shape index (κ2) is 7.38. The highest BCUT2D eigenvalue weighted by Gasteiger charge is 2.14. The van der Waals surface area contributed by atoms with E-state index in [-0.39, 0.29) is 11.5 Å². The number of hydrogen-bond donors (Lipinski definition) is 1. The van der Waals surface area contributed by atoms with Crippen LogP contribution in [0.15, 0.2) is 48.5 Å². The molecule has 2 aromatic rings. The fraction of sp³-hybridized carbons (Fsp3) is 0.176. The molecule has 0 heterocycles. The Morgan fingerprint density at radius 1 is 1.00 bits per heavy atom. The zero-order valence-corrected chi connectivity index (χ0v) is 12.2. The Kier molecular flexibility index (Phi) is 5.27. The van der Waals surface area contributed by atoms with E-state index < -0.39 is 5.97 Å². The van der Waals surface area contributed by atoms with Crippen LogP contribution in [0.3, 0.4) is 0 Å². The number of hydrogen-bond acceptors (Lipinski definition) is 4. The van der Waals surface area contributed by atoms with Gasteiger partial charge in [-0.15, -0.1) is 0 Å². The van der Waals surface area contributed by atoms with Crippen LogP contribution in [-0.4, -0.2) is 32.1 Å². The van der Waals surface area contributed by atoms with E-state index in [1.54, 1.807) is 49.6 Å². The number of carbonyl (C=O) groups is 2. The molecule has 0 spiro atoms. The standard InChI is InChI=1S/C17H17NO4/c1-22-11-10-18-16(19)14-8-4-2-6-12(14)13-7-3-5-9-15(13)17(20)21/h2-9H,10-11H2,1H3,(H,18,19)(H,20,21)/p-1. The molecule has 0 bridgehead atoms. The SMILES string of the molecule is COCCNC(=O)c1ccccc1-c1ccccc1C(=O)[O-]. The van der Waals surface area contributed by atoms with E-state index >= 15 is 0 Å². The molecule has 1 amide bonds. The molecule has 0 unspecified atom stereocenters. The number of aromatic carboxylic acids is 1. The van der Waals surface area contributed by atoms with Gasteiger partial charge in [0, 0.05) is 24.8 Å². The van der Waals surface area contributed by atoms with Gasteiger partial charge < -0.3 is 20.0 Å². The van der Waals surface area contributed by atoms with Crippen molar-refractivity contribution in [1.29, 1.82) is 0 Å². The monoisotopic (exact) mass is 298 g/mol. The average Bonchev–Trinajstić information content (AvgIpc) is 2.55. The molecule has 1 N–H and O–H groups in total. The summed E-state index contributed by atoms with van der Waals surface area (Å²) in [6.45, 7) is 0.787. The lowest BCUT2D eigenvalue weighted by Crippen LogP contribution is -2.27. The first-order valence-corrected chi connectivity index (χ1v) is 6.82. The summed E-state index contributed by atoms with van der Waals surface area (Å²) in [6.07, 6.45) is 0. The van der Waals surface area contributed by atoms with E-state index in [1.165, 1.54) is 6.07 Å². The van der Waals surface area contributed by atoms with Crippen LogP contribution >= 0.6 is 0 Å². The molecule has 5 nitrogen and oxygen atoms in total. The second-order valence-corrected chi connectivity index (χ2v) is 4.63. The third kappa shape index (κ3) is 3.51. The molecule has 0 atom stereocenters. The maximum Gasteiger partial charge on any atom is 0.251 e. The van der Waals surface area contributed by atoms with Crippen molar-refractivity contribution >= 4 is 11.9 Å². The molecule has 0 aliphatic rings. The Labute approximate surface area is 128 Å². The fourth-order valence-corrected chi connectivity index (χ4v) is 2.17. The van der Waals surface area contributed by atoms with Crippen molar-refractivity contribution in [3.05, 3.63) is 59.7 Å². The summed E-state index contributed by atoms with van der Waals surface area (Å²) in [5, 5.41) is 14.0. The van der Waals surface area contributed by atoms with Crippen molar-refractivity contribution in [2.24, 2.45) is 0 Å². The summed E-state index contributed by atoms with van der Waals surface area (Å²) in [6, 6.07) is 13.3. The average molecular weight is 298 g/mol. The van der Waals surface area contributed by atoms with Gasteiger partial charge in [0.2, 0.25) is 0 Å². The molecule has 0 radical (unpaired) electrons. The number of carboxylic acids is 1. The number of rotatable bonds is 6. The van der Waals surface area contributed by atoms with Crippen LogP contribution in [0.25, 0.3) is 11.1 Å². The van der Waals surface area contributed by atoms with Crippen LogP contribution < -0.4 is 10.4 Å². The minimum Gasteiger partial charge on any atom is -0.545 e. The highest BCUT2D eigenvalue weighted by atomic mass is 16.5. The zero-order chi connectivity index (χ0) is 15.9. The van der Waals surface area contributed by atoms with Crippen LogP contribution in [0, 0.1) is 0 Å². The van der Waals surface area contributed by atoms with Crippen molar-refractivity contribution in [2.75, 3.05) is 20.3 Å². The van der Waals surface area contributed by atoms with E-state index in [1.807, 2.05) is 0 Å². The first-order valence-electron chi connectivity index (χ1n) is 6.82. The summed E-state index contributed by atoms with van der Waals surface area (Å²) >= 11 is 0. The summed E-state index contributed by atoms with van der Waals surface area (Å²) in [7, 11) is 1.55. The first kappa shape index (κ1) is 15.7. The predicted octanol–water partition coefficient (Wildman–Crippen LogP) is 1.09. The number of carboxylic acid groups (broad SMARTS) is 1. The van der Waals surface area contributed by atoms with Gasteiger partial charge in [-0.2, -0.15) is 0 Å². The normalized spacial score (nSPS) is 10.2. The lowest BCUT2D eigenvalue weighted by Gasteiger charge is -2.14. The molecule has 0 saturated heterocycles. The van der Waals surface area contributed by atoms with E-state index in [2.05, 4.69) is 5.32 Å². The minimum atomic E-state index is -1.27. The number of ether oxygens (including phenoxy) is 1. The highest BCUT2D eigenvalue weighted by Crippen LogP contribution is 2.26. The van der Waals surface area contributed by atoms with E-state index in [4.69, 9.17) is 4.74 Å². The summed E-state index contributed by atoms with van der Waals surface area (Å²) in [5.74, 6) is -1.55. The Morgan fingerprint density at radius 2 is 1.55 bits per heavy atom. The number of carbonyl (C=O) groups excluding carboxylic acids is 2. The highest BCUT2D eigenvalue weighted by molar-refractivity contribution is 6.04. The molecule has 0 saturated carbocycles. The van der Waals surface area contributed by atoms with Gasteiger partial charge in [0.25, 0.3) is 5.91 Å². The fourth-order valence-electron chi connectivity index (χ4n) is 2.17. The molecule has 0 fully saturated rings. The van der Waals surface area contributed by atoms with Gasteiger partial charge in [0.1, 0.15) is 0 Å². The number of benzene rings is 2. The molecule has 2 rings (SSSR count). The van der Waals surface area contributed by atoms with Crippen molar-refractivity contribution in [2.45, 2.75) is 0 Å². The van der Waals surface area contributed by atoms with Gasteiger partial charge in [-0.25, -0.2) is 0 Å². The number of nitrogens with one attached hydrogen (secondary N) is 1. The van der Waals surface area contributed by atoms with Gasteiger partial charge in [-0.3, -0.25) is 4.79 Å². The Balaban J connectivity index is 2.41. The Hall–Kier alpha value is -2.66. The Morgan fingerprint density at radius 3 is 2.14 bits per heavy atom. The Bertz CT molecular complexity index is 682. The smallest absolute Gasteiger partial charge is 0.251 e. The molecular weight excluding hydrogens is 282 g/mol. The largest absolute Gasteiger partial charge is 0.545 e. The number of amides is 1. The van der Waals surface area contributed by atoms with Crippen LogP contribution in [0.4, 0.5) is 0 Å². The molecule has 22 heavy (non-hydrogen) atoms. The van der Waals surface area contributed by atoms with Crippen molar-refractivity contribution in [3.63, 3.8) is 0 Å². The van der Waals surface area contributed by atoms with Crippen molar-refractivity contribution < 1.29 is 19.4 Å². The minimum absolute atomic E-state index is 0.0552. The predicted molar refractivity (Wildman–Crippen MR) is 80.4 cm³/mol. The summed E-state index contributed by atoms with van der Waals surface area (Å²) < 4.78 is 4.89. The van der Waals surface area contributed by atoms with Crippen molar-refractivity contribution in [3.8, 4) is 11.1 Å². The zero-order valence-electron chi connectivity index (χ0n) is 12.2. The third-order valence-corrected chi connectivity index (χ3v) is 3.20. The molecule has 0 aromatic heterocycles. The van der Waals surface area contributed by atoms with Crippen LogP contribution in [-0.2, 0) is 4.74 Å². The van der Waals surface area contributed by atoms with Crippen molar-refractivity contribution in [1.82, 2.24) is 5.32 Å². The first-order chi connectivity index (χ1) is 10.6. The maximum atomic E-state index is 12.3. The van der Waals surface area contributed by atoms with Gasteiger partial charge >= 0.3 is 0 Å². The summed E-state index contributed by atoms with van der Waals surface area (Å²) in [5.41, 5.74) is 1.48. The second-order valence-electron chi connectivity index (χ2n) is 4.63. The lowest BCUT2D eigenvalue weighted by molar-refractivity contribution is -0.254. The van der Waals surface area contributed by atoms with Gasteiger partial charge in [0.05, 0.1) is 12.6 Å².